The van der Waals surface area contributed by atoms with E-state index in [1.807, 2.05) is 17.5 Å². The van der Waals surface area contributed by atoms with Gasteiger partial charge in [0, 0.05) is 23.6 Å². The van der Waals surface area contributed by atoms with Crippen LogP contribution in [0.2, 0.25) is 0 Å². The predicted octanol–water partition coefficient (Wildman–Crippen LogP) is 3.37. The molecule has 1 heterocycles. The number of benzene rings is 1. The molecule has 5 nitrogen and oxygen atoms in total. The van der Waals surface area contributed by atoms with Gasteiger partial charge in [0.1, 0.15) is 5.75 Å². The molecule has 0 bridgehead atoms. The van der Waals surface area contributed by atoms with E-state index in [0.717, 1.165) is 4.88 Å². The van der Waals surface area contributed by atoms with Crippen LogP contribution in [0, 0.1) is 0 Å². The van der Waals surface area contributed by atoms with Crippen LogP contribution in [0.5, 0.6) is 5.75 Å². The van der Waals surface area contributed by atoms with Gasteiger partial charge in [0.15, 0.2) is 0 Å². The molecule has 1 aromatic heterocycles. The van der Waals surface area contributed by atoms with Gasteiger partial charge in [-0.3, -0.25) is 9.59 Å². The van der Waals surface area contributed by atoms with E-state index in [4.69, 9.17) is 4.74 Å². The topological polar surface area (TPSA) is 67.4 Å². The first-order chi connectivity index (χ1) is 10.6. The van der Waals surface area contributed by atoms with E-state index in [1.54, 1.807) is 35.6 Å². The molecule has 6 heteroatoms. The number of thiophene rings is 1. The Labute approximate surface area is 132 Å². The summed E-state index contributed by atoms with van der Waals surface area (Å²) < 4.78 is 5.16. The molecule has 0 unspecified atom stereocenters. The molecule has 0 saturated carbocycles. The standard InChI is InChI=1S/C16H16N2O3S/c1-11(19)17-14-10-12(5-7-15(14)21-2)18-16(20)8-6-13-4-3-9-22-13/h3-10H,1-2H3,(H,17,19)(H,18,20)/b8-6+. The second-order valence-electron chi connectivity index (χ2n) is 4.43. The molecule has 2 aromatic rings. The summed E-state index contributed by atoms with van der Waals surface area (Å²) in [6.07, 6.45) is 3.21. The number of rotatable bonds is 5. The Hall–Kier alpha value is -2.60. The molecular weight excluding hydrogens is 300 g/mol. The third-order valence-electron chi connectivity index (χ3n) is 2.72. The minimum absolute atomic E-state index is 0.209. The van der Waals surface area contributed by atoms with Crippen LogP contribution in [0.25, 0.3) is 6.08 Å². The van der Waals surface area contributed by atoms with E-state index in [-0.39, 0.29) is 11.8 Å². The van der Waals surface area contributed by atoms with Crippen LogP contribution in [-0.4, -0.2) is 18.9 Å². The first-order valence-corrected chi connectivity index (χ1v) is 7.44. The summed E-state index contributed by atoms with van der Waals surface area (Å²) in [5, 5.41) is 7.35. The van der Waals surface area contributed by atoms with Gasteiger partial charge in [-0.2, -0.15) is 0 Å². The van der Waals surface area contributed by atoms with Crippen LogP contribution >= 0.6 is 11.3 Å². The van der Waals surface area contributed by atoms with E-state index >= 15 is 0 Å². The summed E-state index contributed by atoms with van der Waals surface area (Å²) in [6.45, 7) is 1.41. The highest BCUT2D eigenvalue weighted by Gasteiger charge is 2.07. The van der Waals surface area contributed by atoms with Crippen LogP contribution in [0.3, 0.4) is 0 Å². The molecular formula is C16H16N2O3S. The molecule has 0 aliphatic carbocycles. The number of anilines is 2. The molecule has 0 radical (unpaired) electrons. The number of methoxy groups -OCH3 is 1. The zero-order valence-electron chi connectivity index (χ0n) is 12.3. The molecule has 0 fully saturated rings. The third-order valence-corrected chi connectivity index (χ3v) is 3.56. The summed E-state index contributed by atoms with van der Waals surface area (Å²) in [4.78, 5) is 24.1. The SMILES string of the molecule is COc1ccc(NC(=O)/C=C/c2cccs2)cc1NC(C)=O. The summed E-state index contributed by atoms with van der Waals surface area (Å²) in [5.41, 5.74) is 1.08. The number of hydrogen-bond donors (Lipinski definition) is 2. The van der Waals surface area contributed by atoms with Gasteiger partial charge in [0.05, 0.1) is 12.8 Å². The van der Waals surface area contributed by atoms with Crippen molar-refractivity contribution in [3.8, 4) is 5.75 Å². The molecule has 0 saturated heterocycles. The van der Waals surface area contributed by atoms with Crippen LogP contribution in [-0.2, 0) is 9.59 Å². The molecule has 2 N–H and O–H groups in total. The number of hydrogen-bond acceptors (Lipinski definition) is 4. The number of amides is 2. The summed E-state index contributed by atoms with van der Waals surface area (Å²) >= 11 is 1.55. The zero-order valence-corrected chi connectivity index (χ0v) is 13.1. The van der Waals surface area contributed by atoms with Gasteiger partial charge in [0.2, 0.25) is 11.8 Å². The van der Waals surface area contributed by atoms with Gasteiger partial charge in [-0.15, -0.1) is 11.3 Å². The van der Waals surface area contributed by atoms with E-state index in [1.165, 1.54) is 20.1 Å². The molecule has 114 valence electrons. The molecule has 1 aromatic carbocycles. The number of carbonyl (C=O) groups excluding carboxylic acids is 2. The summed E-state index contributed by atoms with van der Waals surface area (Å²) in [5.74, 6) is 0.0778. The smallest absolute Gasteiger partial charge is 0.248 e. The number of nitrogens with one attached hydrogen (secondary N) is 2. The zero-order chi connectivity index (χ0) is 15.9. The Balaban J connectivity index is 2.08. The van der Waals surface area contributed by atoms with Crippen molar-refractivity contribution in [2.24, 2.45) is 0 Å². The highest BCUT2D eigenvalue weighted by atomic mass is 32.1. The highest BCUT2D eigenvalue weighted by Crippen LogP contribution is 2.27. The fraction of sp³-hybridized carbons (Fsp3) is 0.125. The van der Waals surface area contributed by atoms with Gasteiger partial charge in [-0.1, -0.05) is 6.07 Å². The summed E-state index contributed by atoms with van der Waals surface area (Å²) in [6, 6.07) is 8.89. The summed E-state index contributed by atoms with van der Waals surface area (Å²) in [7, 11) is 1.52. The Morgan fingerprint density at radius 3 is 2.68 bits per heavy atom. The Morgan fingerprint density at radius 1 is 1.23 bits per heavy atom. The van der Waals surface area contributed by atoms with Crippen LogP contribution in [0.4, 0.5) is 11.4 Å². The molecule has 2 amide bonds. The Morgan fingerprint density at radius 2 is 2.05 bits per heavy atom. The average Bonchev–Trinajstić information content (AvgIpc) is 2.98. The maximum Gasteiger partial charge on any atom is 0.248 e. The minimum atomic E-state index is -0.243. The highest BCUT2D eigenvalue weighted by molar-refractivity contribution is 7.10. The van der Waals surface area contributed by atoms with Gasteiger partial charge in [-0.25, -0.2) is 0 Å². The second-order valence-corrected chi connectivity index (χ2v) is 5.41. The monoisotopic (exact) mass is 316 g/mol. The average molecular weight is 316 g/mol. The lowest BCUT2D eigenvalue weighted by atomic mass is 10.2. The number of carbonyl (C=O) groups is 2. The second kappa shape index (κ2) is 7.42. The van der Waals surface area contributed by atoms with E-state index in [9.17, 15) is 9.59 Å². The predicted molar refractivity (Wildman–Crippen MR) is 89.3 cm³/mol. The van der Waals surface area contributed by atoms with Crippen molar-refractivity contribution >= 4 is 40.6 Å². The third kappa shape index (κ3) is 4.46. The van der Waals surface area contributed by atoms with Gasteiger partial charge in [0.25, 0.3) is 0 Å². The van der Waals surface area contributed by atoms with E-state index in [0.29, 0.717) is 17.1 Å². The first-order valence-electron chi connectivity index (χ1n) is 6.56. The lowest BCUT2D eigenvalue weighted by Gasteiger charge is -2.11. The van der Waals surface area contributed by atoms with Crippen molar-refractivity contribution in [2.45, 2.75) is 6.92 Å². The van der Waals surface area contributed by atoms with Crippen LogP contribution < -0.4 is 15.4 Å². The minimum Gasteiger partial charge on any atom is -0.495 e. The lowest BCUT2D eigenvalue weighted by Crippen LogP contribution is -2.10. The molecule has 2 rings (SSSR count). The van der Waals surface area contributed by atoms with Gasteiger partial charge >= 0.3 is 0 Å². The number of ether oxygens (including phenoxy) is 1. The van der Waals surface area contributed by atoms with Crippen LogP contribution in [0.15, 0.2) is 41.8 Å². The molecule has 0 aliphatic rings. The van der Waals surface area contributed by atoms with Crippen LogP contribution in [0.1, 0.15) is 11.8 Å². The van der Waals surface area contributed by atoms with Crippen molar-refractivity contribution in [2.75, 3.05) is 17.7 Å². The van der Waals surface area contributed by atoms with E-state index < -0.39 is 0 Å². The van der Waals surface area contributed by atoms with Gasteiger partial charge in [-0.05, 0) is 35.7 Å². The molecule has 0 aliphatic heterocycles. The fourth-order valence-electron chi connectivity index (χ4n) is 1.80. The molecule has 0 atom stereocenters. The van der Waals surface area contributed by atoms with Gasteiger partial charge < -0.3 is 15.4 Å². The van der Waals surface area contributed by atoms with E-state index in [2.05, 4.69) is 10.6 Å². The quantitative estimate of drug-likeness (QED) is 0.831. The van der Waals surface area contributed by atoms with Crippen molar-refractivity contribution in [3.05, 3.63) is 46.7 Å². The largest absolute Gasteiger partial charge is 0.495 e. The Bertz CT molecular complexity index is 693. The van der Waals surface area contributed by atoms with Crippen molar-refractivity contribution in [1.82, 2.24) is 0 Å². The maximum atomic E-state index is 11.9. The van der Waals surface area contributed by atoms with Crippen molar-refractivity contribution in [1.29, 1.82) is 0 Å². The van der Waals surface area contributed by atoms with Crippen molar-refractivity contribution in [3.63, 3.8) is 0 Å². The maximum absolute atomic E-state index is 11.9. The Kier molecular flexibility index (Phi) is 5.32. The molecule has 0 spiro atoms. The fourth-order valence-corrected chi connectivity index (χ4v) is 2.42. The van der Waals surface area contributed by atoms with Crippen molar-refractivity contribution < 1.29 is 14.3 Å². The molecule has 22 heavy (non-hydrogen) atoms. The lowest BCUT2D eigenvalue weighted by molar-refractivity contribution is -0.114. The first kappa shape index (κ1) is 15.8. The normalized spacial score (nSPS) is 10.5.